The molecule has 1 atom stereocenters. The van der Waals surface area contributed by atoms with Crippen LogP contribution in [0, 0.1) is 0 Å². The molecule has 0 aromatic heterocycles. The monoisotopic (exact) mass is 127 g/mol. The highest BCUT2D eigenvalue weighted by molar-refractivity contribution is 5.06. The zero-order chi connectivity index (χ0) is 6.85. The second-order valence-corrected chi connectivity index (χ2v) is 2.71. The van der Waals surface area contributed by atoms with Gasteiger partial charge in [0.2, 0.25) is 0 Å². The number of aliphatic hydroxyl groups excluding tert-OH is 1. The second kappa shape index (κ2) is 2.50. The van der Waals surface area contributed by atoms with Crippen molar-refractivity contribution in [3.63, 3.8) is 0 Å². The van der Waals surface area contributed by atoms with Crippen molar-refractivity contribution in [2.75, 3.05) is 20.2 Å². The van der Waals surface area contributed by atoms with E-state index in [-0.39, 0.29) is 6.61 Å². The first-order valence-corrected chi connectivity index (χ1v) is 3.22. The van der Waals surface area contributed by atoms with E-state index in [0.29, 0.717) is 6.04 Å². The molecule has 1 heterocycles. The van der Waals surface area contributed by atoms with E-state index in [2.05, 4.69) is 11.5 Å². The van der Waals surface area contributed by atoms with Crippen LogP contribution in [0.15, 0.2) is 12.2 Å². The molecule has 0 unspecified atom stereocenters. The zero-order valence-electron chi connectivity index (χ0n) is 5.80. The molecular weight excluding hydrogens is 114 g/mol. The number of likely N-dealkylation sites (N-methyl/N-ethyl adjacent to an activating group) is 1. The van der Waals surface area contributed by atoms with E-state index in [9.17, 15) is 0 Å². The average Bonchev–Trinajstić information content (AvgIpc) is 2.10. The van der Waals surface area contributed by atoms with Gasteiger partial charge in [-0.05, 0) is 13.5 Å². The van der Waals surface area contributed by atoms with Crippen molar-refractivity contribution in [2.45, 2.75) is 12.5 Å². The summed E-state index contributed by atoms with van der Waals surface area (Å²) < 4.78 is 0. The summed E-state index contributed by atoms with van der Waals surface area (Å²) in [6.07, 6.45) is 0.965. The highest BCUT2D eigenvalue weighted by atomic mass is 16.3. The summed E-state index contributed by atoms with van der Waals surface area (Å²) in [6.45, 7) is 5.06. The number of hydrogen-bond acceptors (Lipinski definition) is 2. The Balaban J connectivity index is 2.47. The van der Waals surface area contributed by atoms with Crippen LogP contribution in [0.4, 0.5) is 0 Å². The van der Waals surface area contributed by atoms with Crippen LogP contribution < -0.4 is 0 Å². The molecule has 0 bridgehead atoms. The number of hydrogen-bond donors (Lipinski definition) is 1. The van der Waals surface area contributed by atoms with Crippen LogP contribution in [0.25, 0.3) is 0 Å². The van der Waals surface area contributed by atoms with Crippen LogP contribution >= 0.6 is 0 Å². The van der Waals surface area contributed by atoms with Gasteiger partial charge in [-0.25, -0.2) is 0 Å². The first kappa shape index (κ1) is 6.78. The van der Waals surface area contributed by atoms with E-state index in [1.807, 2.05) is 7.05 Å². The maximum absolute atomic E-state index is 8.77. The van der Waals surface area contributed by atoms with E-state index in [1.54, 1.807) is 0 Å². The van der Waals surface area contributed by atoms with Crippen molar-refractivity contribution >= 4 is 0 Å². The van der Waals surface area contributed by atoms with Crippen LogP contribution in [0.1, 0.15) is 6.42 Å². The molecule has 2 nitrogen and oxygen atoms in total. The van der Waals surface area contributed by atoms with Crippen LogP contribution in [-0.4, -0.2) is 36.2 Å². The lowest BCUT2D eigenvalue weighted by Gasteiger charge is -2.14. The molecule has 1 rings (SSSR count). The molecular formula is C7H13NO. The van der Waals surface area contributed by atoms with Crippen molar-refractivity contribution in [1.29, 1.82) is 0 Å². The molecule has 0 aromatic rings. The van der Waals surface area contributed by atoms with E-state index >= 15 is 0 Å². The maximum Gasteiger partial charge on any atom is 0.0590 e. The fourth-order valence-corrected chi connectivity index (χ4v) is 1.24. The van der Waals surface area contributed by atoms with Gasteiger partial charge in [-0.15, -0.1) is 0 Å². The number of aliphatic hydroxyl groups is 1. The van der Waals surface area contributed by atoms with Gasteiger partial charge >= 0.3 is 0 Å². The molecule has 1 aliphatic heterocycles. The third-order valence-corrected chi connectivity index (χ3v) is 1.83. The van der Waals surface area contributed by atoms with Gasteiger partial charge < -0.3 is 5.11 Å². The molecule has 0 amide bonds. The van der Waals surface area contributed by atoms with Gasteiger partial charge in [0, 0.05) is 12.6 Å². The van der Waals surface area contributed by atoms with Crippen molar-refractivity contribution in [2.24, 2.45) is 0 Å². The molecule has 0 radical (unpaired) electrons. The van der Waals surface area contributed by atoms with Crippen molar-refractivity contribution in [3.05, 3.63) is 12.2 Å². The number of nitrogens with zero attached hydrogens (tertiary/aromatic N) is 1. The average molecular weight is 127 g/mol. The summed E-state index contributed by atoms with van der Waals surface area (Å²) in [6, 6.07) is 0.331. The molecule has 0 saturated carbocycles. The minimum absolute atomic E-state index is 0.259. The van der Waals surface area contributed by atoms with Gasteiger partial charge in [-0.2, -0.15) is 0 Å². The lowest BCUT2D eigenvalue weighted by Crippen LogP contribution is -2.27. The van der Waals surface area contributed by atoms with Gasteiger partial charge in [0.25, 0.3) is 0 Å². The molecule has 1 aliphatic rings. The van der Waals surface area contributed by atoms with Crippen LogP contribution in [0.5, 0.6) is 0 Å². The van der Waals surface area contributed by atoms with Crippen LogP contribution in [-0.2, 0) is 0 Å². The fourth-order valence-electron chi connectivity index (χ4n) is 1.24. The maximum atomic E-state index is 8.77. The van der Waals surface area contributed by atoms with Crippen LogP contribution in [0.2, 0.25) is 0 Å². The van der Waals surface area contributed by atoms with Crippen molar-refractivity contribution in [1.82, 2.24) is 4.90 Å². The number of rotatable bonds is 1. The SMILES string of the molecule is C=C1C[C@@H](CO)N(C)C1. The van der Waals surface area contributed by atoms with Crippen molar-refractivity contribution in [3.8, 4) is 0 Å². The molecule has 1 N–H and O–H groups in total. The topological polar surface area (TPSA) is 23.5 Å². The molecule has 1 fully saturated rings. The summed E-state index contributed by atoms with van der Waals surface area (Å²) in [5.74, 6) is 0. The third kappa shape index (κ3) is 1.32. The molecule has 0 aliphatic carbocycles. The van der Waals surface area contributed by atoms with E-state index in [1.165, 1.54) is 5.57 Å². The van der Waals surface area contributed by atoms with Crippen molar-refractivity contribution < 1.29 is 5.11 Å². The standard InChI is InChI=1S/C7H13NO/c1-6-3-7(5-9)8(2)4-6/h7,9H,1,3-5H2,2H3/t7-/m0/s1. The predicted octanol–water partition coefficient (Wildman–Crippen LogP) is 0.239. The Kier molecular flexibility index (Phi) is 1.88. The Labute approximate surface area is 55.8 Å². The van der Waals surface area contributed by atoms with E-state index in [0.717, 1.165) is 13.0 Å². The smallest absolute Gasteiger partial charge is 0.0590 e. The molecule has 0 spiro atoms. The molecule has 1 saturated heterocycles. The first-order chi connectivity index (χ1) is 4.24. The van der Waals surface area contributed by atoms with E-state index < -0.39 is 0 Å². The zero-order valence-corrected chi connectivity index (χ0v) is 5.80. The molecule has 52 valence electrons. The Morgan fingerprint density at radius 1 is 1.89 bits per heavy atom. The summed E-state index contributed by atoms with van der Waals surface area (Å²) >= 11 is 0. The lowest BCUT2D eigenvalue weighted by molar-refractivity contribution is 0.182. The van der Waals surface area contributed by atoms with Gasteiger partial charge in [0.1, 0.15) is 0 Å². The quantitative estimate of drug-likeness (QED) is 0.510. The van der Waals surface area contributed by atoms with Gasteiger partial charge in [-0.3, -0.25) is 4.90 Å². The summed E-state index contributed by atoms with van der Waals surface area (Å²) in [7, 11) is 2.01. The van der Waals surface area contributed by atoms with Crippen LogP contribution in [0.3, 0.4) is 0 Å². The Morgan fingerprint density at radius 3 is 2.78 bits per heavy atom. The Bertz CT molecular complexity index is 122. The largest absolute Gasteiger partial charge is 0.395 e. The highest BCUT2D eigenvalue weighted by Gasteiger charge is 2.21. The third-order valence-electron chi connectivity index (χ3n) is 1.83. The molecule has 2 heteroatoms. The first-order valence-electron chi connectivity index (χ1n) is 3.22. The van der Waals surface area contributed by atoms with E-state index in [4.69, 9.17) is 5.11 Å². The highest BCUT2D eigenvalue weighted by Crippen LogP contribution is 2.17. The summed E-state index contributed by atoms with van der Waals surface area (Å²) in [5.41, 5.74) is 1.23. The minimum Gasteiger partial charge on any atom is -0.395 e. The second-order valence-electron chi connectivity index (χ2n) is 2.71. The van der Waals surface area contributed by atoms with Gasteiger partial charge in [0.15, 0.2) is 0 Å². The fraction of sp³-hybridized carbons (Fsp3) is 0.714. The molecule has 9 heavy (non-hydrogen) atoms. The Morgan fingerprint density at radius 2 is 2.56 bits per heavy atom. The van der Waals surface area contributed by atoms with Gasteiger partial charge in [0.05, 0.1) is 6.61 Å². The Hall–Kier alpha value is -0.340. The van der Waals surface area contributed by atoms with Gasteiger partial charge in [-0.1, -0.05) is 12.2 Å². The summed E-state index contributed by atoms with van der Waals surface area (Å²) in [5, 5.41) is 8.77. The minimum atomic E-state index is 0.259. The number of likely N-dealkylation sites (tertiary alicyclic amines) is 1. The summed E-state index contributed by atoms with van der Waals surface area (Å²) in [4.78, 5) is 2.13. The predicted molar refractivity (Wildman–Crippen MR) is 37.3 cm³/mol. The molecule has 0 aromatic carbocycles. The lowest BCUT2D eigenvalue weighted by atomic mass is 10.2. The normalized spacial score (nSPS) is 29.6.